The van der Waals surface area contributed by atoms with Crippen molar-refractivity contribution in [3.63, 3.8) is 0 Å². The number of alkyl halides is 1. The van der Waals surface area contributed by atoms with Crippen molar-refractivity contribution in [2.45, 2.75) is 18.9 Å². The molecule has 3 heterocycles. The van der Waals surface area contributed by atoms with Gasteiger partial charge in [0.05, 0.1) is 0 Å². The van der Waals surface area contributed by atoms with E-state index in [1.54, 1.807) is 0 Å². The Hall–Kier alpha value is -0.280. The fraction of sp³-hybridized carbons (Fsp3) is 0.889. The van der Waals surface area contributed by atoms with Crippen LogP contribution in [0.1, 0.15) is 12.8 Å². The maximum atomic E-state index is 11.1. The molecule has 13 heavy (non-hydrogen) atoms. The first-order valence-electron chi connectivity index (χ1n) is 4.87. The number of hydrogen-bond donors (Lipinski definition) is 1. The second kappa shape index (κ2) is 3.84. The predicted octanol–water partition coefficient (Wildman–Crippen LogP) is 0.436. The molecule has 0 aromatic rings. The molecule has 2 bridgehead atoms. The minimum absolute atomic E-state index is 0.0274. The van der Waals surface area contributed by atoms with Crippen LogP contribution in [0.2, 0.25) is 0 Å². The summed E-state index contributed by atoms with van der Waals surface area (Å²) in [6, 6.07) is 0.355. The number of amides is 1. The van der Waals surface area contributed by atoms with Crippen LogP contribution in [-0.2, 0) is 4.79 Å². The fourth-order valence-corrected chi connectivity index (χ4v) is 2.45. The zero-order chi connectivity index (χ0) is 9.26. The Morgan fingerprint density at radius 3 is 2.62 bits per heavy atom. The number of halogens is 1. The summed E-state index contributed by atoms with van der Waals surface area (Å²) < 4.78 is 0. The normalized spacial score (nSPS) is 37.5. The van der Waals surface area contributed by atoms with Crippen LogP contribution in [0.5, 0.6) is 0 Å². The van der Waals surface area contributed by atoms with Gasteiger partial charge in [-0.05, 0) is 31.8 Å². The van der Waals surface area contributed by atoms with E-state index >= 15 is 0 Å². The average Bonchev–Trinajstić information content (AvgIpc) is 2.19. The van der Waals surface area contributed by atoms with Gasteiger partial charge in [-0.2, -0.15) is 0 Å². The van der Waals surface area contributed by atoms with Gasteiger partial charge in [0.25, 0.3) is 0 Å². The first-order chi connectivity index (χ1) is 6.29. The quantitative estimate of drug-likeness (QED) is 0.659. The van der Waals surface area contributed by atoms with Crippen LogP contribution in [0.3, 0.4) is 0 Å². The van der Waals surface area contributed by atoms with E-state index < -0.39 is 0 Å². The molecule has 0 aromatic carbocycles. The average molecular weight is 203 g/mol. The second-order valence-corrected chi connectivity index (χ2v) is 4.21. The highest BCUT2D eigenvalue weighted by molar-refractivity contribution is 6.27. The van der Waals surface area contributed by atoms with Crippen molar-refractivity contribution in [3.05, 3.63) is 0 Å². The van der Waals surface area contributed by atoms with E-state index in [1.165, 1.54) is 25.9 Å². The van der Waals surface area contributed by atoms with E-state index in [9.17, 15) is 4.79 Å². The van der Waals surface area contributed by atoms with E-state index in [4.69, 9.17) is 11.6 Å². The standard InChI is InChI=1S/C9H15ClN2O/c10-5-9(13)11-8-6-12-3-1-7(8)2-4-12/h7-8H,1-6H2,(H,11,13). The van der Waals surface area contributed by atoms with Crippen LogP contribution in [0, 0.1) is 5.92 Å². The molecule has 3 rings (SSSR count). The SMILES string of the molecule is O=C(CCl)NC1CN2CCC1CC2. The molecule has 3 aliphatic heterocycles. The molecule has 3 saturated heterocycles. The summed E-state index contributed by atoms with van der Waals surface area (Å²) in [5.74, 6) is 0.751. The molecule has 0 spiro atoms. The van der Waals surface area contributed by atoms with Crippen molar-refractivity contribution in [2.24, 2.45) is 5.92 Å². The van der Waals surface area contributed by atoms with Crippen LogP contribution >= 0.6 is 11.6 Å². The van der Waals surface area contributed by atoms with Gasteiger partial charge in [0.15, 0.2) is 0 Å². The van der Waals surface area contributed by atoms with Crippen LogP contribution in [0.15, 0.2) is 0 Å². The third-order valence-electron chi connectivity index (χ3n) is 3.12. The van der Waals surface area contributed by atoms with E-state index in [0.29, 0.717) is 12.0 Å². The predicted molar refractivity (Wildman–Crippen MR) is 51.8 cm³/mol. The van der Waals surface area contributed by atoms with Crippen molar-refractivity contribution >= 4 is 17.5 Å². The molecular weight excluding hydrogens is 188 g/mol. The molecule has 1 amide bonds. The Balaban J connectivity index is 1.90. The molecular formula is C9H15ClN2O. The molecule has 0 aliphatic carbocycles. The van der Waals surface area contributed by atoms with Crippen molar-refractivity contribution in [2.75, 3.05) is 25.5 Å². The lowest BCUT2D eigenvalue weighted by Gasteiger charge is -2.44. The topological polar surface area (TPSA) is 32.3 Å². The van der Waals surface area contributed by atoms with Crippen LogP contribution in [-0.4, -0.2) is 42.4 Å². The third-order valence-corrected chi connectivity index (χ3v) is 3.37. The number of hydrogen-bond acceptors (Lipinski definition) is 2. The lowest BCUT2D eigenvalue weighted by molar-refractivity contribution is -0.120. The molecule has 1 atom stereocenters. The van der Waals surface area contributed by atoms with E-state index in [1.807, 2.05) is 0 Å². The highest BCUT2D eigenvalue weighted by Crippen LogP contribution is 2.27. The van der Waals surface area contributed by atoms with Crippen molar-refractivity contribution < 1.29 is 4.79 Å². The summed E-state index contributed by atoms with van der Waals surface area (Å²) in [6.07, 6.45) is 2.46. The first kappa shape index (κ1) is 9.28. The summed E-state index contributed by atoms with van der Waals surface area (Å²) in [6.45, 7) is 3.43. The summed E-state index contributed by atoms with van der Waals surface area (Å²) in [7, 11) is 0. The molecule has 0 radical (unpaired) electrons. The molecule has 0 aromatic heterocycles. The van der Waals surface area contributed by atoms with Gasteiger partial charge < -0.3 is 10.2 Å². The molecule has 3 aliphatic rings. The van der Waals surface area contributed by atoms with Gasteiger partial charge in [0.1, 0.15) is 5.88 Å². The number of nitrogens with one attached hydrogen (secondary N) is 1. The van der Waals surface area contributed by atoms with Crippen LogP contribution in [0.4, 0.5) is 0 Å². The third kappa shape index (κ3) is 1.97. The summed E-state index contributed by atoms with van der Waals surface area (Å²) in [5.41, 5.74) is 0. The molecule has 0 saturated carbocycles. The van der Waals surface area contributed by atoms with Gasteiger partial charge >= 0.3 is 0 Å². The van der Waals surface area contributed by atoms with Gasteiger partial charge in [-0.1, -0.05) is 0 Å². The largest absolute Gasteiger partial charge is 0.351 e. The van der Waals surface area contributed by atoms with Gasteiger partial charge in [0, 0.05) is 12.6 Å². The number of nitrogens with zero attached hydrogens (tertiary/aromatic N) is 1. The first-order valence-corrected chi connectivity index (χ1v) is 5.40. The summed E-state index contributed by atoms with van der Waals surface area (Å²) >= 11 is 5.45. The zero-order valence-electron chi connectivity index (χ0n) is 7.63. The smallest absolute Gasteiger partial charge is 0.235 e. The van der Waals surface area contributed by atoms with Crippen LogP contribution < -0.4 is 5.32 Å². The minimum Gasteiger partial charge on any atom is -0.351 e. The molecule has 3 nitrogen and oxygen atoms in total. The number of fused-ring (bicyclic) bond motifs is 3. The Morgan fingerprint density at radius 2 is 2.15 bits per heavy atom. The molecule has 74 valence electrons. The van der Waals surface area contributed by atoms with E-state index in [0.717, 1.165) is 6.54 Å². The number of rotatable bonds is 2. The summed E-state index contributed by atoms with van der Waals surface area (Å²) in [5, 5.41) is 2.99. The zero-order valence-corrected chi connectivity index (χ0v) is 8.39. The van der Waals surface area contributed by atoms with Crippen molar-refractivity contribution in [1.82, 2.24) is 10.2 Å². The maximum Gasteiger partial charge on any atom is 0.235 e. The highest BCUT2D eigenvalue weighted by atomic mass is 35.5. The van der Waals surface area contributed by atoms with Gasteiger partial charge in [-0.3, -0.25) is 4.79 Å². The fourth-order valence-electron chi connectivity index (χ4n) is 2.37. The van der Waals surface area contributed by atoms with Gasteiger partial charge in [-0.15, -0.1) is 11.6 Å². The molecule has 3 fully saturated rings. The lowest BCUT2D eigenvalue weighted by Crippen LogP contribution is -2.57. The number of carbonyl (C=O) groups excluding carboxylic acids is 1. The minimum atomic E-state index is -0.0274. The highest BCUT2D eigenvalue weighted by Gasteiger charge is 2.34. The van der Waals surface area contributed by atoms with Gasteiger partial charge in [-0.25, -0.2) is 0 Å². The van der Waals surface area contributed by atoms with E-state index in [2.05, 4.69) is 10.2 Å². The molecule has 1 N–H and O–H groups in total. The second-order valence-electron chi connectivity index (χ2n) is 3.95. The Bertz CT molecular complexity index is 202. The van der Waals surface area contributed by atoms with Crippen molar-refractivity contribution in [3.8, 4) is 0 Å². The number of carbonyl (C=O) groups is 1. The van der Waals surface area contributed by atoms with Crippen molar-refractivity contribution in [1.29, 1.82) is 0 Å². The number of piperidine rings is 3. The van der Waals surface area contributed by atoms with Crippen LogP contribution in [0.25, 0.3) is 0 Å². The monoisotopic (exact) mass is 202 g/mol. The Labute approximate surface area is 83.4 Å². The molecule has 1 unspecified atom stereocenters. The summed E-state index contributed by atoms with van der Waals surface area (Å²) in [4.78, 5) is 13.5. The van der Waals surface area contributed by atoms with Gasteiger partial charge in [0.2, 0.25) is 5.91 Å². The Kier molecular flexibility index (Phi) is 2.74. The maximum absolute atomic E-state index is 11.1. The van der Waals surface area contributed by atoms with E-state index in [-0.39, 0.29) is 11.8 Å². The molecule has 4 heteroatoms. The Morgan fingerprint density at radius 1 is 1.46 bits per heavy atom. The lowest BCUT2D eigenvalue weighted by atomic mass is 9.84.